The lowest BCUT2D eigenvalue weighted by Gasteiger charge is -2.39. The Morgan fingerprint density at radius 3 is 2.12 bits per heavy atom. The van der Waals surface area contributed by atoms with Crippen molar-refractivity contribution in [2.45, 2.75) is 82.7 Å². The van der Waals surface area contributed by atoms with Gasteiger partial charge in [0.2, 0.25) is 11.8 Å². The Labute approximate surface area is 300 Å². The molecular formula is C41H50N4O6. The van der Waals surface area contributed by atoms with Gasteiger partial charge in [-0.2, -0.15) is 0 Å². The maximum Gasteiger partial charge on any atom is 0.224 e. The van der Waals surface area contributed by atoms with E-state index in [0.717, 1.165) is 28.7 Å². The van der Waals surface area contributed by atoms with Crippen molar-refractivity contribution in [3.8, 4) is 0 Å². The minimum atomic E-state index is -0.650. The van der Waals surface area contributed by atoms with E-state index in [4.69, 9.17) is 15.2 Å². The van der Waals surface area contributed by atoms with Crippen molar-refractivity contribution in [3.05, 3.63) is 125 Å². The molecule has 0 aromatic heterocycles. The molecule has 4 aromatic carbocycles. The fraction of sp³-hybridized carbons (Fsp3) is 0.366. The number of aliphatic hydroxyl groups is 2. The molecule has 5 rings (SSSR count). The molecule has 4 aromatic rings. The SMILES string of the molecule is C[C@@H]([C@H](O)c1ccccc1)N(C)C[C@@H]1C[C@H](c2ccc(CO)cc2)O[C@H](c2ccc(NC(=O)CCCCCC(=O)Nc3ccccc3N)cc2)O1. The first-order chi connectivity index (χ1) is 24.7. The van der Waals surface area contributed by atoms with Crippen LogP contribution in [0.2, 0.25) is 0 Å². The van der Waals surface area contributed by atoms with Crippen LogP contribution in [0.15, 0.2) is 103 Å². The van der Waals surface area contributed by atoms with E-state index in [9.17, 15) is 19.8 Å². The quantitative estimate of drug-likeness (QED) is 0.0630. The van der Waals surface area contributed by atoms with Crippen LogP contribution >= 0.6 is 0 Å². The van der Waals surface area contributed by atoms with Gasteiger partial charge in [-0.05, 0) is 67.8 Å². The number of benzene rings is 4. The molecule has 10 heteroatoms. The van der Waals surface area contributed by atoms with E-state index in [1.807, 2.05) is 105 Å². The van der Waals surface area contributed by atoms with Crippen LogP contribution in [0.1, 0.15) is 86.2 Å². The van der Waals surface area contributed by atoms with E-state index in [0.29, 0.717) is 55.7 Å². The molecule has 0 bridgehead atoms. The fourth-order valence-electron chi connectivity index (χ4n) is 6.21. The second kappa shape index (κ2) is 18.6. The molecule has 1 saturated heterocycles. The number of nitrogens with two attached hydrogens (primary N) is 1. The normalized spacial score (nSPS) is 18.6. The number of para-hydroxylation sites is 2. The summed E-state index contributed by atoms with van der Waals surface area (Å²) < 4.78 is 13.0. The predicted octanol–water partition coefficient (Wildman–Crippen LogP) is 6.89. The van der Waals surface area contributed by atoms with E-state index < -0.39 is 12.4 Å². The molecule has 0 spiro atoms. The van der Waals surface area contributed by atoms with Crippen molar-refractivity contribution >= 4 is 28.9 Å². The average molecular weight is 695 g/mol. The number of hydrogen-bond acceptors (Lipinski definition) is 8. The molecule has 0 aliphatic carbocycles. The van der Waals surface area contributed by atoms with Crippen molar-refractivity contribution in [3.63, 3.8) is 0 Å². The predicted molar refractivity (Wildman–Crippen MR) is 200 cm³/mol. The highest BCUT2D eigenvalue weighted by molar-refractivity contribution is 5.93. The average Bonchev–Trinajstić information content (AvgIpc) is 3.15. The summed E-state index contributed by atoms with van der Waals surface area (Å²) in [6, 6.07) is 31.9. The Morgan fingerprint density at radius 1 is 0.824 bits per heavy atom. The van der Waals surface area contributed by atoms with Crippen molar-refractivity contribution in [2.75, 3.05) is 30.0 Å². The van der Waals surface area contributed by atoms with Crippen LogP contribution < -0.4 is 16.4 Å². The van der Waals surface area contributed by atoms with Crippen LogP contribution in [0.3, 0.4) is 0 Å². The second-order valence-corrected chi connectivity index (χ2v) is 13.3. The zero-order chi connectivity index (χ0) is 36.2. The zero-order valence-corrected chi connectivity index (χ0v) is 29.4. The van der Waals surface area contributed by atoms with Gasteiger partial charge in [-0.15, -0.1) is 0 Å². The zero-order valence-electron chi connectivity index (χ0n) is 29.4. The Bertz CT molecular complexity index is 1680. The number of nitrogens with one attached hydrogen (secondary N) is 2. The summed E-state index contributed by atoms with van der Waals surface area (Å²) >= 11 is 0. The van der Waals surface area contributed by atoms with Gasteiger partial charge in [-0.3, -0.25) is 14.5 Å². The van der Waals surface area contributed by atoms with Gasteiger partial charge in [0.05, 0.1) is 36.3 Å². The van der Waals surface area contributed by atoms with Gasteiger partial charge >= 0.3 is 0 Å². The number of rotatable bonds is 16. The summed E-state index contributed by atoms with van der Waals surface area (Å²) in [7, 11) is 1.99. The molecule has 6 N–H and O–H groups in total. The van der Waals surface area contributed by atoms with Crippen LogP contribution in [0.25, 0.3) is 0 Å². The highest BCUT2D eigenvalue weighted by atomic mass is 16.7. The van der Waals surface area contributed by atoms with E-state index in [2.05, 4.69) is 15.5 Å². The van der Waals surface area contributed by atoms with E-state index in [1.54, 1.807) is 12.1 Å². The van der Waals surface area contributed by atoms with Crippen molar-refractivity contribution in [1.82, 2.24) is 4.90 Å². The molecule has 0 unspecified atom stereocenters. The smallest absolute Gasteiger partial charge is 0.224 e. The van der Waals surface area contributed by atoms with Crippen molar-refractivity contribution in [1.29, 1.82) is 0 Å². The van der Waals surface area contributed by atoms with Gasteiger partial charge in [0.15, 0.2) is 6.29 Å². The third kappa shape index (κ3) is 11.0. The third-order valence-electron chi connectivity index (χ3n) is 9.41. The van der Waals surface area contributed by atoms with E-state index in [-0.39, 0.29) is 36.7 Å². The summed E-state index contributed by atoms with van der Waals surface area (Å²) in [4.78, 5) is 27.0. The monoisotopic (exact) mass is 694 g/mol. The lowest BCUT2D eigenvalue weighted by atomic mass is 9.98. The van der Waals surface area contributed by atoms with E-state index in [1.165, 1.54) is 0 Å². The maximum atomic E-state index is 12.7. The Hall–Kier alpha value is -4.58. The molecule has 1 fully saturated rings. The highest BCUT2D eigenvalue weighted by Gasteiger charge is 2.34. The molecule has 2 amide bonds. The Kier molecular flexibility index (Phi) is 13.7. The van der Waals surface area contributed by atoms with Crippen LogP contribution in [-0.4, -0.2) is 52.7 Å². The molecule has 10 nitrogen and oxygen atoms in total. The minimum absolute atomic E-state index is 0.0281. The summed E-state index contributed by atoms with van der Waals surface area (Å²) in [6.07, 6.45) is 1.71. The molecular weight excluding hydrogens is 644 g/mol. The number of hydrogen-bond donors (Lipinski definition) is 5. The summed E-state index contributed by atoms with van der Waals surface area (Å²) in [5, 5.41) is 26.4. The van der Waals surface area contributed by atoms with Crippen molar-refractivity contribution < 1.29 is 29.3 Å². The number of amides is 2. The number of unbranched alkanes of at least 4 members (excludes halogenated alkanes) is 2. The number of carbonyl (C=O) groups is 2. The first kappa shape index (κ1) is 37.7. The molecule has 1 heterocycles. The maximum absolute atomic E-state index is 12.7. The summed E-state index contributed by atoms with van der Waals surface area (Å²) in [5.41, 5.74) is 11.2. The highest BCUT2D eigenvalue weighted by Crippen LogP contribution is 2.38. The molecule has 1 aliphatic rings. The summed E-state index contributed by atoms with van der Waals surface area (Å²) in [6.45, 7) is 2.56. The van der Waals surface area contributed by atoms with Crippen LogP contribution in [0, 0.1) is 0 Å². The number of anilines is 3. The van der Waals surface area contributed by atoms with Crippen LogP contribution in [0.4, 0.5) is 17.1 Å². The fourth-order valence-corrected chi connectivity index (χ4v) is 6.21. The van der Waals surface area contributed by atoms with Crippen LogP contribution in [-0.2, 0) is 25.7 Å². The number of aliphatic hydroxyl groups excluding tert-OH is 2. The van der Waals surface area contributed by atoms with Gasteiger partial charge in [-0.25, -0.2) is 0 Å². The summed E-state index contributed by atoms with van der Waals surface area (Å²) in [5.74, 6) is -0.181. The number of nitrogen functional groups attached to an aromatic ring is 1. The molecule has 0 radical (unpaired) electrons. The topological polar surface area (TPSA) is 146 Å². The Balaban J connectivity index is 1.14. The largest absolute Gasteiger partial charge is 0.397 e. The van der Waals surface area contributed by atoms with Gasteiger partial charge in [0.25, 0.3) is 0 Å². The first-order valence-electron chi connectivity index (χ1n) is 17.7. The third-order valence-corrected chi connectivity index (χ3v) is 9.41. The van der Waals surface area contributed by atoms with Gasteiger partial charge in [0, 0.05) is 43.1 Å². The molecule has 1 aliphatic heterocycles. The van der Waals surface area contributed by atoms with Crippen LogP contribution in [0.5, 0.6) is 0 Å². The molecule has 5 atom stereocenters. The van der Waals surface area contributed by atoms with Gasteiger partial charge in [0.1, 0.15) is 0 Å². The van der Waals surface area contributed by atoms with E-state index >= 15 is 0 Å². The second-order valence-electron chi connectivity index (χ2n) is 13.3. The first-order valence-corrected chi connectivity index (χ1v) is 17.7. The number of likely N-dealkylation sites (N-methyl/N-ethyl adjacent to an activating group) is 1. The molecule has 51 heavy (non-hydrogen) atoms. The molecule has 270 valence electrons. The lowest BCUT2D eigenvalue weighted by molar-refractivity contribution is -0.253. The molecule has 0 saturated carbocycles. The number of nitrogens with zero attached hydrogens (tertiary/aromatic N) is 1. The minimum Gasteiger partial charge on any atom is -0.397 e. The van der Waals surface area contributed by atoms with Crippen molar-refractivity contribution in [2.24, 2.45) is 0 Å². The van der Waals surface area contributed by atoms with Gasteiger partial charge < -0.3 is 36.1 Å². The number of ether oxygens (including phenoxy) is 2. The number of carbonyl (C=O) groups excluding carboxylic acids is 2. The Morgan fingerprint density at radius 2 is 1.45 bits per heavy atom. The standard InChI is InChI=1S/C41H50N4O6/c1-28(40(49)31-11-5-3-6-12-31)45(2)26-34-25-37(30-19-17-29(27-46)18-20-30)51-41(50-34)32-21-23-33(24-22-32)43-38(47)15-7-4-8-16-39(48)44-36-14-10-9-13-35(36)42/h3,5-6,9-14,17-24,28,34,37,40-41,46,49H,4,7-8,15-16,25-27,42H2,1-2H3,(H,43,47)(H,44,48)/t28-,34-,37+,40-,41+/m0/s1. The lowest BCUT2D eigenvalue weighted by Crippen LogP contribution is -2.43. The van der Waals surface area contributed by atoms with Gasteiger partial charge in [-0.1, -0.05) is 85.3 Å².